The fourth-order valence-electron chi connectivity index (χ4n) is 2.59. The molecule has 2 atom stereocenters. The maximum atomic E-state index is 5.67. The van der Waals surface area contributed by atoms with E-state index in [9.17, 15) is 0 Å². The van der Waals surface area contributed by atoms with Crippen molar-refractivity contribution < 1.29 is 0 Å². The van der Waals surface area contributed by atoms with Crippen molar-refractivity contribution in [3.05, 3.63) is 35.4 Å². The SMILES string of the molecule is CC1CCCC(SCc2cccc(CN)c2)C1. The molecule has 1 aromatic rings. The van der Waals surface area contributed by atoms with Crippen molar-refractivity contribution in [2.75, 3.05) is 0 Å². The molecule has 0 heterocycles. The summed E-state index contributed by atoms with van der Waals surface area (Å²) in [5.74, 6) is 2.07. The summed E-state index contributed by atoms with van der Waals surface area (Å²) in [6.07, 6.45) is 5.66. The number of rotatable bonds is 4. The van der Waals surface area contributed by atoms with Gasteiger partial charge in [-0.05, 0) is 29.9 Å². The number of thioether (sulfide) groups is 1. The Bertz CT molecular complexity index is 351. The van der Waals surface area contributed by atoms with Gasteiger partial charge in [-0.15, -0.1) is 0 Å². The van der Waals surface area contributed by atoms with Gasteiger partial charge in [0, 0.05) is 17.5 Å². The Labute approximate surface area is 109 Å². The van der Waals surface area contributed by atoms with Crippen LogP contribution >= 0.6 is 11.8 Å². The molecule has 1 aliphatic rings. The lowest BCUT2D eigenvalue weighted by atomic mass is 9.91. The predicted octanol–water partition coefficient (Wildman–Crippen LogP) is 3.96. The molecule has 0 aromatic heterocycles. The summed E-state index contributed by atoms with van der Waals surface area (Å²) >= 11 is 2.13. The quantitative estimate of drug-likeness (QED) is 0.874. The van der Waals surface area contributed by atoms with Crippen LogP contribution in [0.5, 0.6) is 0 Å². The van der Waals surface area contributed by atoms with E-state index >= 15 is 0 Å². The van der Waals surface area contributed by atoms with Crippen LogP contribution in [0.3, 0.4) is 0 Å². The van der Waals surface area contributed by atoms with E-state index in [2.05, 4.69) is 43.0 Å². The van der Waals surface area contributed by atoms with Crippen molar-refractivity contribution in [2.24, 2.45) is 11.7 Å². The van der Waals surface area contributed by atoms with Crippen molar-refractivity contribution in [2.45, 2.75) is 50.2 Å². The minimum Gasteiger partial charge on any atom is -0.326 e. The molecule has 0 amide bonds. The van der Waals surface area contributed by atoms with Crippen LogP contribution < -0.4 is 5.73 Å². The predicted molar refractivity (Wildman–Crippen MR) is 77.0 cm³/mol. The molecule has 17 heavy (non-hydrogen) atoms. The molecular weight excluding hydrogens is 226 g/mol. The molecule has 0 bridgehead atoms. The van der Waals surface area contributed by atoms with Crippen LogP contribution in [0.2, 0.25) is 0 Å². The summed E-state index contributed by atoms with van der Waals surface area (Å²) in [7, 11) is 0. The summed E-state index contributed by atoms with van der Waals surface area (Å²) in [4.78, 5) is 0. The van der Waals surface area contributed by atoms with Gasteiger partial charge in [0.15, 0.2) is 0 Å². The Morgan fingerprint density at radius 3 is 2.88 bits per heavy atom. The Balaban J connectivity index is 1.84. The van der Waals surface area contributed by atoms with Gasteiger partial charge in [-0.2, -0.15) is 11.8 Å². The topological polar surface area (TPSA) is 26.0 Å². The van der Waals surface area contributed by atoms with Crippen molar-refractivity contribution in [1.82, 2.24) is 0 Å². The molecule has 0 aliphatic heterocycles. The summed E-state index contributed by atoms with van der Waals surface area (Å²) < 4.78 is 0. The first-order valence-corrected chi connectivity index (χ1v) is 7.72. The zero-order valence-corrected chi connectivity index (χ0v) is 11.5. The third kappa shape index (κ3) is 4.04. The Hall–Kier alpha value is -0.470. The lowest BCUT2D eigenvalue weighted by Gasteiger charge is -2.26. The van der Waals surface area contributed by atoms with Crippen LogP contribution in [0.15, 0.2) is 24.3 Å². The van der Waals surface area contributed by atoms with Gasteiger partial charge in [0.25, 0.3) is 0 Å². The van der Waals surface area contributed by atoms with Crippen molar-refractivity contribution in [3.8, 4) is 0 Å². The van der Waals surface area contributed by atoms with Crippen molar-refractivity contribution in [1.29, 1.82) is 0 Å². The second-order valence-electron chi connectivity index (χ2n) is 5.23. The maximum Gasteiger partial charge on any atom is 0.0187 e. The summed E-state index contributed by atoms with van der Waals surface area (Å²) in [5.41, 5.74) is 8.35. The van der Waals surface area contributed by atoms with Gasteiger partial charge >= 0.3 is 0 Å². The summed E-state index contributed by atoms with van der Waals surface area (Å²) in [6.45, 7) is 3.04. The molecule has 2 rings (SSSR count). The molecule has 1 fully saturated rings. The molecular formula is C15H23NS. The zero-order chi connectivity index (χ0) is 12.1. The third-order valence-electron chi connectivity index (χ3n) is 3.60. The second-order valence-corrected chi connectivity index (χ2v) is 6.52. The Kier molecular flexibility index (Phi) is 4.93. The molecule has 0 radical (unpaired) electrons. The average molecular weight is 249 g/mol. The monoisotopic (exact) mass is 249 g/mol. The van der Waals surface area contributed by atoms with Gasteiger partial charge in [0.05, 0.1) is 0 Å². The smallest absolute Gasteiger partial charge is 0.0187 e. The van der Waals surface area contributed by atoms with E-state index in [-0.39, 0.29) is 0 Å². The molecule has 0 spiro atoms. The molecule has 1 saturated carbocycles. The van der Waals surface area contributed by atoms with E-state index < -0.39 is 0 Å². The first-order chi connectivity index (χ1) is 8.28. The summed E-state index contributed by atoms with van der Waals surface area (Å²) in [5, 5.41) is 0.875. The average Bonchev–Trinajstić information content (AvgIpc) is 2.37. The van der Waals surface area contributed by atoms with Crippen LogP contribution in [-0.4, -0.2) is 5.25 Å². The van der Waals surface area contributed by atoms with Gasteiger partial charge < -0.3 is 5.73 Å². The van der Waals surface area contributed by atoms with Crippen molar-refractivity contribution >= 4 is 11.8 Å². The fourth-order valence-corrected chi connectivity index (χ4v) is 4.00. The van der Waals surface area contributed by atoms with E-state index in [1.807, 2.05) is 0 Å². The molecule has 0 saturated heterocycles. The minimum atomic E-state index is 0.652. The number of hydrogen-bond donors (Lipinski definition) is 1. The fraction of sp³-hybridized carbons (Fsp3) is 0.600. The number of nitrogens with two attached hydrogens (primary N) is 1. The highest BCUT2D eigenvalue weighted by Gasteiger charge is 2.18. The van der Waals surface area contributed by atoms with Crippen LogP contribution in [0.25, 0.3) is 0 Å². The van der Waals surface area contributed by atoms with Crippen LogP contribution in [0.4, 0.5) is 0 Å². The van der Waals surface area contributed by atoms with Gasteiger partial charge in [0.2, 0.25) is 0 Å². The van der Waals surface area contributed by atoms with E-state index in [0.717, 1.165) is 16.9 Å². The van der Waals surface area contributed by atoms with Gasteiger partial charge in [-0.1, -0.05) is 44.0 Å². The van der Waals surface area contributed by atoms with Crippen molar-refractivity contribution in [3.63, 3.8) is 0 Å². The molecule has 94 valence electrons. The highest BCUT2D eigenvalue weighted by Crippen LogP contribution is 2.33. The number of benzene rings is 1. The van der Waals surface area contributed by atoms with E-state index in [0.29, 0.717) is 6.54 Å². The Morgan fingerprint density at radius 2 is 2.12 bits per heavy atom. The largest absolute Gasteiger partial charge is 0.326 e. The van der Waals surface area contributed by atoms with Gasteiger partial charge in [-0.25, -0.2) is 0 Å². The molecule has 2 unspecified atom stereocenters. The maximum absolute atomic E-state index is 5.67. The van der Waals surface area contributed by atoms with E-state index in [1.165, 1.54) is 36.8 Å². The highest BCUT2D eigenvalue weighted by molar-refractivity contribution is 7.99. The second kappa shape index (κ2) is 6.46. The normalized spacial score (nSPS) is 24.8. The van der Waals surface area contributed by atoms with Crippen LogP contribution in [0.1, 0.15) is 43.7 Å². The Morgan fingerprint density at radius 1 is 1.29 bits per heavy atom. The minimum absolute atomic E-state index is 0.652. The number of hydrogen-bond acceptors (Lipinski definition) is 2. The first-order valence-electron chi connectivity index (χ1n) is 6.67. The van der Waals surface area contributed by atoms with E-state index in [4.69, 9.17) is 5.73 Å². The van der Waals surface area contributed by atoms with Gasteiger partial charge in [-0.3, -0.25) is 0 Å². The zero-order valence-electron chi connectivity index (χ0n) is 10.7. The molecule has 2 heteroatoms. The van der Waals surface area contributed by atoms with Crippen LogP contribution in [-0.2, 0) is 12.3 Å². The lowest BCUT2D eigenvalue weighted by molar-refractivity contribution is 0.394. The molecule has 2 N–H and O–H groups in total. The molecule has 1 aromatic carbocycles. The highest BCUT2D eigenvalue weighted by atomic mass is 32.2. The van der Waals surface area contributed by atoms with Crippen LogP contribution in [0, 0.1) is 5.92 Å². The lowest BCUT2D eigenvalue weighted by Crippen LogP contribution is -2.15. The standard InChI is InChI=1S/C15H23NS/c1-12-4-2-7-15(8-12)17-11-14-6-3-5-13(9-14)10-16/h3,5-6,9,12,15H,2,4,7-8,10-11,16H2,1H3. The summed E-state index contributed by atoms with van der Waals surface area (Å²) in [6, 6.07) is 8.70. The molecule has 1 nitrogen and oxygen atoms in total. The molecule has 1 aliphatic carbocycles. The van der Waals surface area contributed by atoms with E-state index in [1.54, 1.807) is 0 Å². The first kappa shape index (κ1) is 13.0. The third-order valence-corrected chi connectivity index (χ3v) is 5.00. The van der Waals surface area contributed by atoms with Gasteiger partial charge in [0.1, 0.15) is 0 Å².